The van der Waals surface area contributed by atoms with Gasteiger partial charge in [0, 0.05) is 11.8 Å². The Balaban J connectivity index is 0.000000874. The first kappa shape index (κ1) is 61.9. The van der Waals surface area contributed by atoms with Crippen LogP contribution in [0.25, 0.3) is 9.44 Å². The Bertz CT molecular complexity index is 2600. The van der Waals surface area contributed by atoms with Crippen molar-refractivity contribution >= 4 is 46.9 Å². The van der Waals surface area contributed by atoms with Crippen LogP contribution >= 0.6 is 0 Å². The molecule has 0 radical (unpaired) electrons. The van der Waals surface area contributed by atoms with Gasteiger partial charge in [0.25, 0.3) is 9.84 Å². The summed E-state index contributed by atoms with van der Waals surface area (Å²) in [4.78, 5) is 0. The molecule has 0 fully saturated rings. The van der Waals surface area contributed by atoms with Crippen molar-refractivity contribution in [3.63, 3.8) is 0 Å². The van der Waals surface area contributed by atoms with Crippen molar-refractivity contribution in [3.8, 4) is 0 Å². The average Bonchev–Trinajstić information content (AvgIpc) is 3.21. The fraction of sp³-hybridized carbons (Fsp3) is 0.143. The number of hydrogen-bond donors (Lipinski definition) is 1. The summed E-state index contributed by atoms with van der Waals surface area (Å²) in [6.07, 6.45) is 0.449. The number of nitrogens with two attached hydrogens (primary N) is 1. The van der Waals surface area contributed by atoms with Crippen LogP contribution in [0.4, 0.5) is 131 Å². The molecule has 0 saturated carbocycles. The summed E-state index contributed by atoms with van der Waals surface area (Å²) in [6.45, 7) is 0. The fourth-order valence-corrected chi connectivity index (χ4v) is 5.15. The number of sulfonamides is 2. The predicted molar refractivity (Wildman–Crippen MR) is 164 cm³/mol. The Labute approximate surface area is 365 Å². The van der Waals surface area contributed by atoms with Crippen molar-refractivity contribution in [2.45, 2.75) is 16.8 Å². The number of benzene rings is 4. The molecule has 39 heteroatoms. The maximum Gasteiger partial charge on any atom is 2.00 e. The largest absolute Gasteiger partial charge is 2.00 e. The summed E-state index contributed by atoms with van der Waals surface area (Å²) >= 11 is 0. The molecule has 4 rings (SSSR count). The minimum atomic E-state index is -6.45. The van der Waals surface area contributed by atoms with Crippen molar-refractivity contribution in [2.75, 3.05) is 12.0 Å². The molecule has 0 aliphatic rings. The summed E-state index contributed by atoms with van der Waals surface area (Å²) in [5.41, 5.74) is -15.0. The maximum absolute atomic E-state index is 13.0. The number of nitrogen functional groups attached to an aromatic ring is 1. The Kier molecular flexibility index (Phi) is 20.3. The molecule has 0 saturated heterocycles. The van der Waals surface area contributed by atoms with Gasteiger partial charge < -0.3 is 15.2 Å². The van der Waals surface area contributed by atoms with Gasteiger partial charge in [-0.2, -0.15) is 26.3 Å². The molecule has 0 amide bonds. The monoisotopic (exact) mass is 1130 g/mol. The van der Waals surface area contributed by atoms with Crippen LogP contribution in [0.15, 0.2) is 0 Å². The average molecular weight is 1140 g/mol. The number of halogens is 26. The molecular formula is C28H7F26N3O6S3Zn. The first-order valence-electron chi connectivity index (χ1n) is 14.5. The van der Waals surface area contributed by atoms with Crippen LogP contribution in [-0.4, -0.2) is 42.5 Å². The second kappa shape index (κ2) is 21.9. The molecule has 0 aromatic heterocycles. The van der Waals surface area contributed by atoms with Crippen molar-refractivity contribution in [3.05, 3.63) is 131 Å². The van der Waals surface area contributed by atoms with E-state index in [9.17, 15) is 139 Å². The van der Waals surface area contributed by atoms with E-state index in [1.807, 2.05) is 0 Å². The molecule has 4 aromatic rings. The Morgan fingerprint density at radius 2 is 0.597 bits per heavy atom. The smallest absolute Gasteiger partial charge is 0.572 e. The summed E-state index contributed by atoms with van der Waals surface area (Å²) in [5.74, 6) is -50.5. The third-order valence-electron chi connectivity index (χ3n) is 6.37. The second-order valence-corrected chi connectivity index (χ2v) is 16.1. The summed E-state index contributed by atoms with van der Waals surface area (Å²) in [6, 6.07) is 0. The molecule has 9 nitrogen and oxygen atoms in total. The van der Waals surface area contributed by atoms with Crippen LogP contribution in [-0.2, 0) is 55.1 Å². The molecular weight excluding hydrogens is 1130 g/mol. The topological polar surface area (TPSA) is 157 Å². The van der Waals surface area contributed by atoms with Crippen molar-refractivity contribution in [2.24, 2.45) is 0 Å². The number of rotatable bonds is 6. The predicted octanol–water partition coefficient (Wildman–Crippen LogP) is 10.4. The van der Waals surface area contributed by atoms with Gasteiger partial charge >= 0.3 is 30.5 Å². The number of hydrogen-bond acceptors (Lipinski definition) is 7. The first-order valence-corrected chi connectivity index (χ1v) is 19.4. The Hall–Kier alpha value is -5.07. The van der Waals surface area contributed by atoms with E-state index in [0.29, 0.717) is 6.26 Å². The molecule has 0 atom stereocenters. The fourth-order valence-electron chi connectivity index (χ4n) is 3.36. The second-order valence-electron chi connectivity index (χ2n) is 10.9. The van der Waals surface area contributed by atoms with Crippen molar-refractivity contribution < 1.29 is 159 Å². The molecule has 67 heavy (non-hydrogen) atoms. The normalized spacial score (nSPS) is 11.9. The SMILES string of the molecule is CS(=O)(=O)[N-]c1c(F)c(F)c(F)c(F)c1F.Nc1c(F)c(F)c(F)c(F)c1F.O=S(=O)(Cc1c(F)c(F)c(F)c(F)c1F)C(F)(F)F.O=S(=O)([N-]c1c(F)c(F)c(F)c(F)c1F)C(F)(F)F.[Zn+2]. The Morgan fingerprint density at radius 3 is 0.836 bits per heavy atom. The maximum atomic E-state index is 13.0. The van der Waals surface area contributed by atoms with Crippen molar-refractivity contribution in [1.29, 1.82) is 0 Å². The molecule has 0 bridgehead atoms. The van der Waals surface area contributed by atoms with Crippen LogP contribution in [0.3, 0.4) is 0 Å². The van der Waals surface area contributed by atoms with Gasteiger partial charge in [-0.15, -0.1) is 0 Å². The molecule has 372 valence electrons. The van der Waals surface area contributed by atoms with Crippen LogP contribution in [0.5, 0.6) is 0 Å². The van der Waals surface area contributed by atoms with E-state index < -0.39 is 186 Å². The van der Waals surface area contributed by atoms with Gasteiger partial charge in [-0.1, -0.05) is 0 Å². The third kappa shape index (κ3) is 13.8. The third-order valence-corrected chi connectivity index (χ3v) is 9.26. The summed E-state index contributed by atoms with van der Waals surface area (Å²) < 4.78 is 391. The van der Waals surface area contributed by atoms with Crippen LogP contribution in [0.2, 0.25) is 0 Å². The van der Waals surface area contributed by atoms with Gasteiger partial charge in [0.1, 0.15) is 5.69 Å². The summed E-state index contributed by atoms with van der Waals surface area (Å²) in [5, 5.41) is 0. The Morgan fingerprint density at radius 1 is 0.373 bits per heavy atom. The van der Waals surface area contributed by atoms with E-state index in [2.05, 4.69) is 10.5 Å². The van der Waals surface area contributed by atoms with Crippen LogP contribution in [0.1, 0.15) is 5.56 Å². The number of alkyl halides is 6. The molecule has 0 aliphatic heterocycles. The van der Waals surface area contributed by atoms with Gasteiger partial charge in [0.05, 0.1) is 15.8 Å². The molecule has 0 aliphatic carbocycles. The molecule has 0 unspecified atom stereocenters. The van der Waals surface area contributed by atoms with Gasteiger partial charge in [0.2, 0.25) is 11.6 Å². The van der Waals surface area contributed by atoms with Gasteiger partial charge in [0.15, 0.2) is 115 Å². The van der Waals surface area contributed by atoms with E-state index in [1.54, 1.807) is 4.72 Å². The summed E-state index contributed by atoms with van der Waals surface area (Å²) in [7, 11) is -16.8. The molecule has 2 N–H and O–H groups in total. The van der Waals surface area contributed by atoms with Gasteiger partial charge in [-0.25, -0.2) is 113 Å². The first-order chi connectivity index (χ1) is 29.4. The molecule has 0 spiro atoms. The van der Waals surface area contributed by atoms with E-state index in [4.69, 9.17) is 0 Å². The molecule has 4 aromatic carbocycles. The van der Waals surface area contributed by atoms with Crippen LogP contribution in [0, 0.1) is 116 Å². The zero-order valence-electron chi connectivity index (χ0n) is 30.4. The number of anilines is 1. The van der Waals surface area contributed by atoms with E-state index in [-0.39, 0.29) is 19.5 Å². The van der Waals surface area contributed by atoms with E-state index in [0.717, 1.165) is 0 Å². The molecule has 0 heterocycles. The zero-order chi connectivity index (χ0) is 52.5. The van der Waals surface area contributed by atoms with E-state index >= 15 is 0 Å². The number of sulfone groups is 1. The van der Waals surface area contributed by atoms with Crippen LogP contribution < -0.4 is 5.73 Å². The minimum absolute atomic E-state index is 0. The van der Waals surface area contributed by atoms with Crippen molar-refractivity contribution in [1.82, 2.24) is 0 Å². The zero-order valence-corrected chi connectivity index (χ0v) is 35.8. The van der Waals surface area contributed by atoms with Gasteiger partial charge in [-0.3, -0.25) is 0 Å². The van der Waals surface area contributed by atoms with Gasteiger partial charge in [-0.05, 0) is 11.4 Å². The minimum Gasteiger partial charge on any atom is -0.572 e. The number of nitrogens with zero attached hydrogens (tertiary/aromatic N) is 2. The quantitative estimate of drug-likeness (QED) is 0.0662. The van der Waals surface area contributed by atoms with E-state index in [1.165, 1.54) is 0 Å². The standard InChI is InChI=1S/C8H2F8O2S.C7F8NO2S.C7H3F5NO2S.C6H2F5N.Zn/c9-3-2(1-19(17,18)8(14,15)16)4(10)6(12)7(13)5(3)11;8-1-2(9)4(11)6(5(12)3(1)10)16-19(17,18)7(13,14)15;1-16(14,15)13-7-5(11)3(9)2(8)4(10)6(7)12;7-1-2(8)4(10)6(12)5(11)3(1)9;/h1H2;;1H3;12H2;/q;2*-1;;+2.